The second-order valence-electron chi connectivity index (χ2n) is 4.87. The second kappa shape index (κ2) is 5.48. The Morgan fingerprint density at radius 3 is 2.44 bits per heavy atom. The van der Waals surface area contributed by atoms with Crippen LogP contribution in [-0.4, -0.2) is 11.2 Å². The molecule has 0 aromatic carbocycles. The maximum atomic E-state index is 5.17. The summed E-state index contributed by atoms with van der Waals surface area (Å²) in [4.78, 5) is 0. The molecule has 3 nitrogen and oxygen atoms in total. The Hall–Kier alpha value is -0.830. The fraction of sp³-hybridized carbons (Fsp3) is 0.769. The first-order valence-electron chi connectivity index (χ1n) is 6.42. The van der Waals surface area contributed by atoms with E-state index in [1.165, 1.54) is 44.1 Å². The summed E-state index contributed by atoms with van der Waals surface area (Å²) in [6, 6.07) is 0.691. The standard InChI is InChI=1S/C13H22N2O/c1-10-13(11(2)16-15-10)9-14-12-7-5-3-4-6-8-12/h12,14H,3-9H2,1-2H3. The van der Waals surface area contributed by atoms with Crippen LogP contribution >= 0.6 is 0 Å². The van der Waals surface area contributed by atoms with Gasteiger partial charge in [-0.1, -0.05) is 30.8 Å². The van der Waals surface area contributed by atoms with Crippen LogP contribution in [0.3, 0.4) is 0 Å². The van der Waals surface area contributed by atoms with Gasteiger partial charge in [-0.05, 0) is 26.7 Å². The van der Waals surface area contributed by atoms with Crippen molar-refractivity contribution in [2.75, 3.05) is 0 Å². The molecule has 0 bridgehead atoms. The van der Waals surface area contributed by atoms with Gasteiger partial charge in [0.05, 0.1) is 5.69 Å². The second-order valence-corrected chi connectivity index (χ2v) is 4.87. The number of rotatable bonds is 3. The van der Waals surface area contributed by atoms with Gasteiger partial charge in [0.1, 0.15) is 5.76 Å². The van der Waals surface area contributed by atoms with E-state index in [0.29, 0.717) is 6.04 Å². The summed E-state index contributed by atoms with van der Waals surface area (Å²) in [5.74, 6) is 0.957. The van der Waals surface area contributed by atoms with Crippen molar-refractivity contribution in [2.45, 2.75) is 65.0 Å². The lowest BCUT2D eigenvalue weighted by atomic mass is 10.1. The molecule has 1 N–H and O–H groups in total. The zero-order valence-electron chi connectivity index (χ0n) is 10.4. The molecule has 16 heavy (non-hydrogen) atoms. The molecule has 1 aromatic heterocycles. The Morgan fingerprint density at radius 2 is 1.88 bits per heavy atom. The summed E-state index contributed by atoms with van der Waals surface area (Å²) in [5.41, 5.74) is 2.27. The SMILES string of the molecule is Cc1noc(C)c1CNC1CCCCCC1. The first kappa shape index (κ1) is 11.6. The van der Waals surface area contributed by atoms with Crippen LogP contribution in [0.15, 0.2) is 4.52 Å². The Bertz CT molecular complexity index is 305. The number of aromatic nitrogens is 1. The van der Waals surface area contributed by atoms with Crippen LogP contribution < -0.4 is 5.32 Å². The highest BCUT2D eigenvalue weighted by atomic mass is 16.5. The highest BCUT2D eigenvalue weighted by molar-refractivity contribution is 5.20. The molecule has 1 aliphatic carbocycles. The van der Waals surface area contributed by atoms with Crippen molar-refractivity contribution in [1.29, 1.82) is 0 Å². The lowest BCUT2D eigenvalue weighted by molar-refractivity contribution is 0.390. The predicted molar refractivity (Wildman–Crippen MR) is 64.3 cm³/mol. The van der Waals surface area contributed by atoms with Crippen LogP contribution in [0.1, 0.15) is 55.5 Å². The molecule has 1 fully saturated rings. The smallest absolute Gasteiger partial charge is 0.138 e. The first-order chi connectivity index (χ1) is 7.77. The van der Waals surface area contributed by atoms with Crippen molar-refractivity contribution in [3.63, 3.8) is 0 Å². The minimum Gasteiger partial charge on any atom is -0.361 e. The monoisotopic (exact) mass is 222 g/mol. The van der Waals surface area contributed by atoms with E-state index in [4.69, 9.17) is 4.52 Å². The van der Waals surface area contributed by atoms with Crippen LogP contribution in [0.25, 0.3) is 0 Å². The van der Waals surface area contributed by atoms with Gasteiger partial charge in [0, 0.05) is 18.2 Å². The van der Waals surface area contributed by atoms with Crippen LogP contribution in [0.5, 0.6) is 0 Å². The summed E-state index contributed by atoms with van der Waals surface area (Å²) >= 11 is 0. The van der Waals surface area contributed by atoms with Crippen molar-refractivity contribution in [1.82, 2.24) is 10.5 Å². The van der Waals surface area contributed by atoms with Gasteiger partial charge in [-0.25, -0.2) is 0 Å². The third kappa shape index (κ3) is 2.85. The lowest BCUT2D eigenvalue weighted by Gasteiger charge is -2.15. The van der Waals surface area contributed by atoms with Crippen molar-refractivity contribution in [3.05, 3.63) is 17.0 Å². The summed E-state index contributed by atoms with van der Waals surface area (Å²) in [5, 5.41) is 7.63. The molecular weight excluding hydrogens is 200 g/mol. The van der Waals surface area contributed by atoms with Crippen molar-refractivity contribution < 1.29 is 4.52 Å². The van der Waals surface area contributed by atoms with E-state index in [0.717, 1.165) is 18.0 Å². The molecule has 0 aliphatic heterocycles. The summed E-state index contributed by atoms with van der Waals surface area (Å²) in [6.45, 7) is 4.91. The first-order valence-corrected chi connectivity index (χ1v) is 6.42. The third-order valence-electron chi connectivity index (χ3n) is 3.60. The molecule has 0 amide bonds. The minimum atomic E-state index is 0.691. The van der Waals surface area contributed by atoms with E-state index in [2.05, 4.69) is 10.5 Å². The average Bonchev–Trinajstić information content (AvgIpc) is 2.51. The molecule has 0 saturated heterocycles. The molecule has 3 heteroatoms. The van der Waals surface area contributed by atoms with E-state index in [9.17, 15) is 0 Å². The summed E-state index contributed by atoms with van der Waals surface area (Å²) < 4.78 is 5.17. The Balaban J connectivity index is 1.86. The molecule has 1 aromatic rings. The molecule has 1 heterocycles. The number of nitrogens with zero attached hydrogens (tertiary/aromatic N) is 1. The van der Waals surface area contributed by atoms with E-state index >= 15 is 0 Å². The quantitative estimate of drug-likeness (QED) is 0.799. The zero-order valence-corrected chi connectivity index (χ0v) is 10.4. The molecule has 1 aliphatic rings. The van der Waals surface area contributed by atoms with E-state index in [1.54, 1.807) is 0 Å². The van der Waals surface area contributed by atoms with Crippen molar-refractivity contribution in [3.8, 4) is 0 Å². The Labute approximate surface area is 97.6 Å². The van der Waals surface area contributed by atoms with Crippen LogP contribution in [0.2, 0.25) is 0 Å². The van der Waals surface area contributed by atoms with Gasteiger partial charge < -0.3 is 9.84 Å². The fourth-order valence-corrected chi connectivity index (χ4v) is 2.48. The summed E-state index contributed by atoms with van der Waals surface area (Å²) in [6.07, 6.45) is 8.21. The van der Waals surface area contributed by atoms with E-state index < -0.39 is 0 Å². The number of nitrogens with one attached hydrogen (secondary N) is 1. The fourth-order valence-electron chi connectivity index (χ4n) is 2.48. The van der Waals surface area contributed by atoms with Gasteiger partial charge in [-0.3, -0.25) is 0 Å². The van der Waals surface area contributed by atoms with Gasteiger partial charge in [0.25, 0.3) is 0 Å². The van der Waals surface area contributed by atoms with E-state index in [-0.39, 0.29) is 0 Å². The maximum Gasteiger partial charge on any atom is 0.138 e. The topological polar surface area (TPSA) is 38.1 Å². The Morgan fingerprint density at radius 1 is 1.19 bits per heavy atom. The molecule has 0 radical (unpaired) electrons. The molecule has 0 atom stereocenters. The maximum absolute atomic E-state index is 5.17. The minimum absolute atomic E-state index is 0.691. The molecule has 0 unspecified atom stereocenters. The van der Waals surface area contributed by atoms with Gasteiger partial charge in [0.15, 0.2) is 0 Å². The van der Waals surface area contributed by atoms with E-state index in [1.807, 2.05) is 13.8 Å². The molecular formula is C13H22N2O. The largest absolute Gasteiger partial charge is 0.361 e. The molecule has 2 rings (SSSR count). The van der Waals surface area contributed by atoms with Crippen molar-refractivity contribution >= 4 is 0 Å². The van der Waals surface area contributed by atoms with Gasteiger partial charge in [-0.15, -0.1) is 0 Å². The average molecular weight is 222 g/mol. The third-order valence-corrected chi connectivity index (χ3v) is 3.60. The highest BCUT2D eigenvalue weighted by Gasteiger charge is 2.14. The highest BCUT2D eigenvalue weighted by Crippen LogP contribution is 2.18. The van der Waals surface area contributed by atoms with Gasteiger partial charge in [0.2, 0.25) is 0 Å². The normalized spacial score (nSPS) is 18.6. The van der Waals surface area contributed by atoms with Crippen LogP contribution in [0, 0.1) is 13.8 Å². The Kier molecular flexibility index (Phi) is 3.99. The zero-order chi connectivity index (χ0) is 11.4. The van der Waals surface area contributed by atoms with Crippen LogP contribution in [0.4, 0.5) is 0 Å². The van der Waals surface area contributed by atoms with Crippen LogP contribution in [-0.2, 0) is 6.54 Å². The lowest BCUT2D eigenvalue weighted by Crippen LogP contribution is -2.28. The number of hydrogen-bond acceptors (Lipinski definition) is 3. The van der Waals surface area contributed by atoms with Crippen molar-refractivity contribution in [2.24, 2.45) is 0 Å². The van der Waals surface area contributed by atoms with Gasteiger partial charge in [-0.2, -0.15) is 0 Å². The number of hydrogen-bond donors (Lipinski definition) is 1. The molecule has 1 saturated carbocycles. The number of aryl methyl sites for hydroxylation is 2. The molecule has 0 spiro atoms. The van der Waals surface area contributed by atoms with Gasteiger partial charge >= 0.3 is 0 Å². The predicted octanol–water partition coefficient (Wildman–Crippen LogP) is 3.10. The summed E-state index contributed by atoms with van der Waals surface area (Å²) in [7, 11) is 0. The molecule has 90 valence electrons.